The average molecular weight is 262 g/mol. The molecule has 0 aromatic heterocycles. The number of rotatable bonds is 4. The van der Waals surface area contributed by atoms with Crippen LogP contribution in [0.3, 0.4) is 0 Å². The first-order valence-corrected chi connectivity index (χ1v) is 7.18. The molecule has 1 nitrogen and oxygen atoms in total. The van der Waals surface area contributed by atoms with Crippen molar-refractivity contribution in [3.8, 4) is 0 Å². The van der Waals surface area contributed by atoms with Gasteiger partial charge in [0.15, 0.2) is 0 Å². The van der Waals surface area contributed by atoms with Crippen LogP contribution in [0.25, 0.3) is 0 Å². The molecule has 0 aromatic rings. The van der Waals surface area contributed by atoms with Crippen LogP contribution in [0.5, 0.6) is 0 Å². The van der Waals surface area contributed by atoms with E-state index in [1.807, 2.05) is 0 Å². The van der Waals surface area contributed by atoms with Crippen molar-refractivity contribution < 1.29 is 0 Å². The van der Waals surface area contributed by atoms with Crippen LogP contribution in [0.1, 0.15) is 52.4 Å². The number of alkyl halides is 1. The maximum absolute atomic E-state index is 3.80. The summed E-state index contributed by atoms with van der Waals surface area (Å²) in [5.74, 6) is 0.734. The zero-order valence-electron chi connectivity index (χ0n) is 9.56. The van der Waals surface area contributed by atoms with Crippen molar-refractivity contribution in [2.24, 2.45) is 5.92 Å². The first-order chi connectivity index (χ1) is 6.74. The summed E-state index contributed by atoms with van der Waals surface area (Å²) in [6.07, 6.45) is 8.50. The molecule has 0 bridgehead atoms. The van der Waals surface area contributed by atoms with E-state index in [2.05, 4.69) is 35.1 Å². The van der Waals surface area contributed by atoms with Gasteiger partial charge in [-0.05, 0) is 18.8 Å². The largest absolute Gasteiger partial charge is 0.310 e. The van der Waals surface area contributed by atoms with Gasteiger partial charge in [-0.25, -0.2) is 0 Å². The number of hydrogen-bond donors (Lipinski definition) is 1. The number of hydrogen-bond acceptors (Lipinski definition) is 1. The molecular weight excluding hydrogens is 238 g/mol. The maximum Gasteiger partial charge on any atom is 0.0190 e. The second-order valence-electron chi connectivity index (χ2n) is 4.86. The van der Waals surface area contributed by atoms with Gasteiger partial charge < -0.3 is 5.32 Å². The Kier molecular flexibility index (Phi) is 6.11. The van der Waals surface area contributed by atoms with Crippen molar-refractivity contribution in [3.05, 3.63) is 0 Å². The van der Waals surface area contributed by atoms with Crippen molar-refractivity contribution in [2.75, 3.05) is 5.33 Å². The molecule has 1 N–H and O–H groups in total. The molecule has 1 rings (SSSR count). The standard InChI is InChI=1S/C12H24BrN/c1-10(2)12(9-13)14-11-7-5-3-4-6-8-11/h10-12,14H,3-9H2,1-2H3. The van der Waals surface area contributed by atoms with Crippen molar-refractivity contribution in [1.29, 1.82) is 0 Å². The van der Waals surface area contributed by atoms with E-state index in [1.54, 1.807) is 0 Å². The first-order valence-electron chi connectivity index (χ1n) is 6.06. The van der Waals surface area contributed by atoms with Gasteiger partial charge in [0.2, 0.25) is 0 Å². The Balaban J connectivity index is 2.32. The van der Waals surface area contributed by atoms with Gasteiger partial charge in [-0.1, -0.05) is 55.5 Å². The Bertz CT molecular complexity index is 139. The van der Waals surface area contributed by atoms with Crippen molar-refractivity contribution >= 4 is 15.9 Å². The lowest BCUT2D eigenvalue weighted by atomic mass is 10.0. The fraction of sp³-hybridized carbons (Fsp3) is 1.00. The summed E-state index contributed by atoms with van der Waals surface area (Å²) in [6, 6.07) is 1.43. The minimum absolute atomic E-state index is 0.651. The summed E-state index contributed by atoms with van der Waals surface area (Å²) in [7, 11) is 0. The van der Waals surface area contributed by atoms with Crippen LogP contribution in [0, 0.1) is 5.92 Å². The third-order valence-electron chi connectivity index (χ3n) is 3.28. The van der Waals surface area contributed by atoms with Gasteiger partial charge in [0.1, 0.15) is 0 Å². The van der Waals surface area contributed by atoms with E-state index in [0.29, 0.717) is 6.04 Å². The van der Waals surface area contributed by atoms with E-state index in [1.165, 1.54) is 38.5 Å². The van der Waals surface area contributed by atoms with Crippen LogP contribution < -0.4 is 5.32 Å². The van der Waals surface area contributed by atoms with Crippen LogP contribution in [0.2, 0.25) is 0 Å². The van der Waals surface area contributed by atoms with Crippen LogP contribution in [0.4, 0.5) is 0 Å². The highest BCUT2D eigenvalue weighted by Gasteiger charge is 2.18. The van der Waals surface area contributed by atoms with Gasteiger partial charge in [-0.3, -0.25) is 0 Å². The molecule has 0 spiro atoms. The lowest BCUT2D eigenvalue weighted by molar-refractivity contribution is 0.355. The van der Waals surface area contributed by atoms with Crippen molar-refractivity contribution in [2.45, 2.75) is 64.5 Å². The van der Waals surface area contributed by atoms with Gasteiger partial charge in [0.05, 0.1) is 0 Å². The molecule has 1 aliphatic rings. The van der Waals surface area contributed by atoms with Crippen LogP contribution in [-0.2, 0) is 0 Å². The Hall–Kier alpha value is 0.440. The van der Waals surface area contributed by atoms with E-state index >= 15 is 0 Å². The van der Waals surface area contributed by atoms with Gasteiger partial charge in [-0.15, -0.1) is 0 Å². The Morgan fingerprint density at radius 3 is 2.14 bits per heavy atom. The molecule has 1 saturated carbocycles. The van der Waals surface area contributed by atoms with Gasteiger partial charge >= 0.3 is 0 Å². The van der Waals surface area contributed by atoms with Gasteiger partial charge in [0.25, 0.3) is 0 Å². The summed E-state index contributed by atoms with van der Waals surface area (Å²) in [5.41, 5.74) is 0. The van der Waals surface area contributed by atoms with E-state index in [-0.39, 0.29) is 0 Å². The molecule has 0 radical (unpaired) electrons. The molecule has 0 saturated heterocycles. The lowest BCUT2D eigenvalue weighted by Crippen LogP contribution is -2.42. The quantitative estimate of drug-likeness (QED) is 0.601. The predicted molar refractivity (Wildman–Crippen MR) is 67.0 cm³/mol. The molecule has 14 heavy (non-hydrogen) atoms. The third-order valence-corrected chi connectivity index (χ3v) is 3.97. The highest BCUT2D eigenvalue weighted by molar-refractivity contribution is 9.09. The van der Waals surface area contributed by atoms with Crippen LogP contribution in [-0.4, -0.2) is 17.4 Å². The zero-order chi connectivity index (χ0) is 10.4. The maximum atomic E-state index is 3.80. The van der Waals surface area contributed by atoms with E-state index in [9.17, 15) is 0 Å². The number of halogens is 1. The minimum Gasteiger partial charge on any atom is -0.310 e. The molecule has 0 aliphatic heterocycles. The molecule has 0 heterocycles. The minimum atomic E-state index is 0.651. The molecule has 1 fully saturated rings. The summed E-state index contributed by atoms with van der Waals surface area (Å²) < 4.78 is 0. The monoisotopic (exact) mass is 261 g/mol. The highest BCUT2D eigenvalue weighted by Crippen LogP contribution is 2.19. The molecule has 2 heteroatoms. The summed E-state index contributed by atoms with van der Waals surface area (Å²) in [4.78, 5) is 0. The smallest absolute Gasteiger partial charge is 0.0190 e. The Morgan fingerprint density at radius 2 is 1.71 bits per heavy atom. The molecule has 0 aromatic carbocycles. The van der Waals surface area contributed by atoms with Crippen LogP contribution >= 0.6 is 15.9 Å². The van der Waals surface area contributed by atoms with E-state index in [0.717, 1.165) is 17.3 Å². The molecule has 1 atom stereocenters. The fourth-order valence-corrected chi connectivity index (χ4v) is 3.10. The highest BCUT2D eigenvalue weighted by atomic mass is 79.9. The van der Waals surface area contributed by atoms with Crippen molar-refractivity contribution in [3.63, 3.8) is 0 Å². The Labute approximate surface area is 97.2 Å². The second kappa shape index (κ2) is 6.84. The van der Waals surface area contributed by atoms with Gasteiger partial charge in [-0.2, -0.15) is 0 Å². The Morgan fingerprint density at radius 1 is 1.14 bits per heavy atom. The van der Waals surface area contributed by atoms with E-state index < -0.39 is 0 Å². The number of nitrogens with one attached hydrogen (secondary N) is 1. The topological polar surface area (TPSA) is 12.0 Å². The van der Waals surface area contributed by atoms with E-state index in [4.69, 9.17) is 0 Å². The molecule has 84 valence electrons. The predicted octanol–water partition coefficient (Wildman–Crippen LogP) is 3.72. The fourth-order valence-electron chi connectivity index (χ4n) is 2.16. The molecular formula is C12H24BrN. The second-order valence-corrected chi connectivity index (χ2v) is 5.51. The SMILES string of the molecule is CC(C)C(CBr)NC1CCCCCC1. The average Bonchev–Trinajstić information content (AvgIpc) is 2.41. The van der Waals surface area contributed by atoms with Crippen molar-refractivity contribution in [1.82, 2.24) is 5.32 Å². The first kappa shape index (κ1) is 12.5. The molecule has 1 unspecified atom stereocenters. The lowest BCUT2D eigenvalue weighted by Gasteiger charge is -2.26. The van der Waals surface area contributed by atoms with Crippen LogP contribution in [0.15, 0.2) is 0 Å². The summed E-state index contributed by atoms with van der Waals surface area (Å²) in [6.45, 7) is 4.60. The molecule has 1 aliphatic carbocycles. The zero-order valence-corrected chi connectivity index (χ0v) is 11.1. The molecule has 0 amide bonds. The van der Waals surface area contributed by atoms with Gasteiger partial charge in [0, 0.05) is 17.4 Å². The summed E-state index contributed by atoms with van der Waals surface area (Å²) >= 11 is 3.60. The normalized spacial score (nSPS) is 22.3. The summed E-state index contributed by atoms with van der Waals surface area (Å²) in [5, 5.41) is 4.88. The third kappa shape index (κ3) is 4.31.